The molecule has 0 bridgehead atoms. The Labute approximate surface area is 119 Å². The number of hydrogen-bond donors (Lipinski definition) is 2. The molecule has 2 heterocycles. The Balaban J connectivity index is 1.80. The highest BCUT2D eigenvalue weighted by Crippen LogP contribution is 2.15. The molecule has 2 aromatic heterocycles. The van der Waals surface area contributed by atoms with Gasteiger partial charge in [0.25, 0.3) is 0 Å². The zero-order valence-electron chi connectivity index (χ0n) is 10.7. The summed E-state index contributed by atoms with van der Waals surface area (Å²) in [6.45, 7) is 0.337. The van der Waals surface area contributed by atoms with Crippen LogP contribution in [0.25, 0.3) is 0 Å². The van der Waals surface area contributed by atoms with E-state index in [0.717, 1.165) is 0 Å². The maximum absolute atomic E-state index is 11.7. The van der Waals surface area contributed by atoms with Gasteiger partial charge in [0.2, 0.25) is 5.91 Å². The van der Waals surface area contributed by atoms with Crippen molar-refractivity contribution in [1.29, 1.82) is 0 Å². The molecule has 7 nitrogen and oxygen atoms in total. The van der Waals surface area contributed by atoms with Crippen LogP contribution in [0, 0.1) is 0 Å². The van der Waals surface area contributed by atoms with Gasteiger partial charge in [0.05, 0.1) is 32.0 Å². The normalized spacial score (nSPS) is 10.1. The van der Waals surface area contributed by atoms with Crippen LogP contribution in [-0.2, 0) is 22.5 Å². The van der Waals surface area contributed by atoms with Gasteiger partial charge in [0, 0.05) is 5.38 Å². The van der Waals surface area contributed by atoms with E-state index in [1.54, 1.807) is 23.8 Å². The lowest BCUT2D eigenvalue weighted by Crippen LogP contribution is -2.24. The predicted octanol–water partition coefficient (Wildman–Crippen LogP) is 1.77. The maximum atomic E-state index is 11.7. The van der Waals surface area contributed by atoms with Gasteiger partial charge in [-0.25, -0.2) is 9.78 Å². The Morgan fingerprint density at radius 2 is 2.35 bits per heavy atom. The van der Waals surface area contributed by atoms with Crippen LogP contribution in [0.3, 0.4) is 0 Å². The lowest BCUT2D eigenvalue weighted by molar-refractivity contribution is -0.120. The van der Waals surface area contributed by atoms with Gasteiger partial charge in [-0.2, -0.15) is 0 Å². The number of furan rings is 1. The number of anilines is 1. The first-order valence-corrected chi connectivity index (χ1v) is 6.64. The third-order valence-electron chi connectivity index (χ3n) is 2.33. The van der Waals surface area contributed by atoms with E-state index in [9.17, 15) is 9.59 Å². The number of carbonyl (C=O) groups excluding carboxylic acids is 2. The number of carbonyl (C=O) groups is 2. The first kappa shape index (κ1) is 14.1. The summed E-state index contributed by atoms with van der Waals surface area (Å²) in [7, 11) is 1.27. The molecule has 2 N–H and O–H groups in total. The van der Waals surface area contributed by atoms with Gasteiger partial charge in [0.1, 0.15) is 5.76 Å². The number of nitrogens with zero attached hydrogens (tertiary/aromatic N) is 1. The lowest BCUT2D eigenvalue weighted by atomic mass is 10.3. The highest BCUT2D eigenvalue weighted by molar-refractivity contribution is 7.13. The van der Waals surface area contributed by atoms with Crippen molar-refractivity contribution in [3.63, 3.8) is 0 Å². The van der Waals surface area contributed by atoms with E-state index < -0.39 is 6.09 Å². The number of methoxy groups -OCH3 is 1. The number of nitrogens with one attached hydrogen (secondary N) is 2. The summed E-state index contributed by atoms with van der Waals surface area (Å²) in [5, 5.41) is 7.25. The standard InChI is InChI=1S/C12H13N3O4S/c1-18-12(17)15-11-14-8(7-20-11)5-10(16)13-6-9-3-2-4-19-9/h2-4,7H,5-6H2,1H3,(H,13,16)(H,14,15,17). The Morgan fingerprint density at radius 3 is 3.05 bits per heavy atom. The maximum Gasteiger partial charge on any atom is 0.413 e. The number of aromatic nitrogens is 1. The molecule has 0 aromatic carbocycles. The van der Waals surface area contributed by atoms with E-state index in [4.69, 9.17) is 4.42 Å². The van der Waals surface area contributed by atoms with Gasteiger partial charge in [-0.05, 0) is 12.1 Å². The minimum Gasteiger partial charge on any atom is -0.467 e. The van der Waals surface area contributed by atoms with Crippen molar-refractivity contribution in [2.45, 2.75) is 13.0 Å². The zero-order valence-corrected chi connectivity index (χ0v) is 11.5. The SMILES string of the molecule is COC(=O)Nc1nc(CC(=O)NCc2ccco2)cs1. The minimum atomic E-state index is -0.590. The Kier molecular flexibility index (Phi) is 4.72. The second kappa shape index (κ2) is 6.71. The van der Waals surface area contributed by atoms with Gasteiger partial charge < -0.3 is 14.5 Å². The van der Waals surface area contributed by atoms with Crippen molar-refractivity contribution in [3.05, 3.63) is 35.2 Å². The predicted molar refractivity (Wildman–Crippen MR) is 72.4 cm³/mol. The first-order valence-electron chi connectivity index (χ1n) is 5.76. The summed E-state index contributed by atoms with van der Waals surface area (Å²) in [6, 6.07) is 3.54. The number of hydrogen-bond acceptors (Lipinski definition) is 6. The highest BCUT2D eigenvalue weighted by Gasteiger charge is 2.10. The van der Waals surface area contributed by atoms with Gasteiger partial charge >= 0.3 is 6.09 Å². The van der Waals surface area contributed by atoms with Crippen LogP contribution in [-0.4, -0.2) is 24.1 Å². The number of amides is 2. The molecule has 0 aliphatic heterocycles. The van der Waals surface area contributed by atoms with E-state index in [2.05, 4.69) is 20.4 Å². The van der Waals surface area contributed by atoms with E-state index in [1.165, 1.54) is 18.4 Å². The van der Waals surface area contributed by atoms with E-state index in [0.29, 0.717) is 23.1 Å². The van der Waals surface area contributed by atoms with Crippen LogP contribution >= 0.6 is 11.3 Å². The topological polar surface area (TPSA) is 93.5 Å². The third kappa shape index (κ3) is 4.09. The van der Waals surface area contributed by atoms with Gasteiger partial charge in [0.15, 0.2) is 5.13 Å². The Bertz CT molecular complexity index is 579. The fourth-order valence-electron chi connectivity index (χ4n) is 1.41. The van der Waals surface area contributed by atoms with E-state index in [1.807, 2.05) is 0 Å². The molecule has 0 unspecified atom stereocenters. The van der Waals surface area contributed by atoms with Crippen molar-refractivity contribution in [2.24, 2.45) is 0 Å². The molecule has 2 aromatic rings. The van der Waals surface area contributed by atoms with Crippen LogP contribution < -0.4 is 10.6 Å². The molecule has 0 spiro atoms. The van der Waals surface area contributed by atoms with E-state index in [-0.39, 0.29) is 12.3 Å². The molecule has 0 fully saturated rings. The van der Waals surface area contributed by atoms with E-state index >= 15 is 0 Å². The molecule has 0 saturated heterocycles. The molecule has 2 rings (SSSR count). The average Bonchev–Trinajstić information content (AvgIpc) is 3.08. The molecule has 20 heavy (non-hydrogen) atoms. The van der Waals surface area contributed by atoms with Crippen molar-refractivity contribution < 1.29 is 18.7 Å². The summed E-state index contributed by atoms with van der Waals surface area (Å²) >= 11 is 1.23. The molecule has 0 radical (unpaired) electrons. The van der Waals surface area contributed by atoms with Crippen LogP contribution in [0.15, 0.2) is 28.2 Å². The number of thiazole rings is 1. The van der Waals surface area contributed by atoms with Crippen molar-refractivity contribution in [2.75, 3.05) is 12.4 Å². The monoisotopic (exact) mass is 295 g/mol. The quantitative estimate of drug-likeness (QED) is 0.877. The zero-order chi connectivity index (χ0) is 14.4. The number of rotatable bonds is 5. The smallest absolute Gasteiger partial charge is 0.413 e. The fourth-order valence-corrected chi connectivity index (χ4v) is 2.11. The molecule has 8 heteroatoms. The van der Waals surface area contributed by atoms with Gasteiger partial charge in [-0.1, -0.05) is 0 Å². The average molecular weight is 295 g/mol. The van der Waals surface area contributed by atoms with Crippen LogP contribution in [0.4, 0.5) is 9.93 Å². The molecule has 0 aliphatic carbocycles. The second-order valence-electron chi connectivity index (χ2n) is 3.79. The summed E-state index contributed by atoms with van der Waals surface area (Å²) in [4.78, 5) is 26.8. The highest BCUT2D eigenvalue weighted by atomic mass is 32.1. The minimum absolute atomic E-state index is 0.139. The third-order valence-corrected chi connectivity index (χ3v) is 3.13. The lowest BCUT2D eigenvalue weighted by Gasteiger charge is -2.01. The van der Waals surface area contributed by atoms with Crippen LogP contribution in [0.2, 0.25) is 0 Å². The molecular weight excluding hydrogens is 282 g/mol. The second-order valence-corrected chi connectivity index (χ2v) is 4.65. The van der Waals surface area contributed by atoms with Crippen molar-refractivity contribution in [1.82, 2.24) is 10.3 Å². The molecule has 106 valence electrons. The number of ether oxygens (including phenoxy) is 1. The summed E-state index contributed by atoms with van der Waals surface area (Å²) in [6.07, 6.45) is 1.10. The largest absolute Gasteiger partial charge is 0.467 e. The molecule has 2 amide bonds. The van der Waals surface area contributed by atoms with Gasteiger partial charge in [-0.15, -0.1) is 11.3 Å². The molecule has 0 aliphatic rings. The Morgan fingerprint density at radius 1 is 1.50 bits per heavy atom. The Hall–Kier alpha value is -2.35. The van der Waals surface area contributed by atoms with Gasteiger partial charge in [-0.3, -0.25) is 10.1 Å². The van der Waals surface area contributed by atoms with Crippen LogP contribution in [0.5, 0.6) is 0 Å². The summed E-state index contributed by atoms with van der Waals surface area (Å²) in [5.41, 5.74) is 0.582. The van der Waals surface area contributed by atoms with Crippen molar-refractivity contribution in [3.8, 4) is 0 Å². The fraction of sp³-hybridized carbons (Fsp3) is 0.250. The summed E-state index contributed by atoms with van der Waals surface area (Å²) < 4.78 is 9.56. The molecule has 0 atom stereocenters. The molecule has 0 saturated carbocycles. The van der Waals surface area contributed by atoms with Crippen molar-refractivity contribution >= 4 is 28.5 Å². The van der Waals surface area contributed by atoms with Crippen LogP contribution in [0.1, 0.15) is 11.5 Å². The summed E-state index contributed by atoms with van der Waals surface area (Å²) in [5.74, 6) is 0.515. The molecular formula is C12H13N3O4S. The first-order chi connectivity index (χ1) is 9.67.